The lowest BCUT2D eigenvalue weighted by atomic mass is 10.1. The molecule has 2 aliphatic rings. The minimum absolute atomic E-state index is 0.879. The molecule has 1 N–H and O–H groups in total. The molecular formula is C13H18N4. The van der Waals surface area contributed by atoms with Gasteiger partial charge in [0.25, 0.3) is 0 Å². The van der Waals surface area contributed by atoms with Gasteiger partial charge in [0, 0.05) is 25.8 Å². The maximum Gasteiger partial charge on any atom is 0.139 e. The molecule has 2 aliphatic heterocycles. The highest BCUT2D eigenvalue weighted by Crippen LogP contribution is 2.22. The zero-order valence-corrected chi connectivity index (χ0v) is 10.0. The van der Waals surface area contributed by atoms with Crippen LogP contribution in [0.15, 0.2) is 23.3 Å². The Labute approximate surface area is 102 Å². The number of nitrogens with one attached hydrogen (secondary N) is 1. The summed E-state index contributed by atoms with van der Waals surface area (Å²) in [5.41, 5.74) is 1.16. The van der Waals surface area contributed by atoms with Gasteiger partial charge < -0.3 is 10.2 Å². The molecule has 4 nitrogen and oxygen atoms in total. The third kappa shape index (κ3) is 2.12. The number of aliphatic imine (C=N–C) groups is 1. The third-order valence-electron chi connectivity index (χ3n) is 3.37. The van der Waals surface area contributed by atoms with Gasteiger partial charge >= 0.3 is 0 Å². The number of aromatic nitrogens is 1. The second kappa shape index (κ2) is 4.73. The molecule has 0 amide bonds. The average Bonchev–Trinajstić information content (AvgIpc) is 2.94. The number of amidine groups is 1. The third-order valence-corrected chi connectivity index (χ3v) is 3.37. The Morgan fingerprint density at radius 1 is 1.18 bits per heavy atom. The van der Waals surface area contributed by atoms with E-state index in [0.717, 1.165) is 43.4 Å². The standard InChI is InChI=1S/C13H18N4/c1-2-9-17(10-3-1)13-11(5-4-6-16-13)12-14-7-8-15-12/h4-6H,1-3,7-10H2,(H,14,15). The zero-order chi connectivity index (χ0) is 11.5. The van der Waals surface area contributed by atoms with Crippen LogP contribution in [0.25, 0.3) is 0 Å². The van der Waals surface area contributed by atoms with Gasteiger partial charge in [-0.2, -0.15) is 0 Å². The molecule has 0 radical (unpaired) electrons. The summed E-state index contributed by atoms with van der Waals surface area (Å²) in [6.45, 7) is 4.07. The lowest BCUT2D eigenvalue weighted by Crippen LogP contribution is -2.32. The van der Waals surface area contributed by atoms with Crippen LogP contribution >= 0.6 is 0 Å². The molecule has 0 spiro atoms. The first-order chi connectivity index (χ1) is 8.45. The summed E-state index contributed by atoms with van der Waals surface area (Å²) in [4.78, 5) is 11.4. The van der Waals surface area contributed by atoms with Gasteiger partial charge in [-0.05, 0) is 31.4 Å². The number of hydrogen-bond acceptors (Lipinski definition) is 4. The van der Waals surface area contributed by atoms with E-state index in [1.54, 1.807) is 0 Å². The molecule has 1 saturated heterocycles. The molecule has 1 aromatic heterocycles. The van der Waals surface area contributed by atoms with Crippen LogP contribution in [0.2, 0.25) is 0 Å². The molecule has 0 unspecified atom stereocenters. The Bertz CT molecular complexity index is 421. The van der Waals surface area contributed by atoms with E-state index in [2.05, 4.69) is 26.3 Å². The Kier molecular flexibility index (Phi) is 2.94. The fraction of sp³-hybridized carbons (Fsp3) is 0.538. The summed E-state index contributed by atoms with van der Waals surface area (Å²) in [6.07, 6.45) is 5.77. The molecule has 90 valence electrons. The van der Waals surface area contributed by atoms with Crippen molar-refractivity contribution in [3.63, 3.8) is 0 Å². The molecule has 0 saturated carbocycles. The summed E-state index contributed by atoms with van der Waals surface area (Å²) in [6, 6.07) is 4.11. The van der Waals surface area contributed by atoms with Crippen LogP contribution in [0.5, 0.6) is 0 Å². The highest BCUT2D eigenvalue weighted by Gasteiger charge is 2.19. The molecule has 0 aromatic carbocycles. The van der Waals surface area contributed by atoms with Gasteiger partial charge in [0.2, 0.25) is 0 Å². The van der Waals surface area contributed by atoms with E-state index in [1.165, 1.54) is 19.3 Å². The average molecular weight is 230 g/mol. The van der Waals surface area contributed by atoms with Crippen molar-refractivity contribution in [1.29, 1.82) is 0 Å². The van der Waals surface area contributed by atoms with E-state index in [9.17, 15) is 0 Å². The molecule has 0 bridgehead atoms. The van der Waals surface area contributed by atoms with Crippen LogP contribution in [-0.4, -0.2) is 37.0 Å². The van der Waals surface area contributed by atoms with E-state index < -0.39 is 0 Å². The Balaban J connectivity index is 1.92. The Morgan fingerprint density at radius 2 is 2.06 bits per heavy atom. The van der Waals surface area contributed by atoms with E-state index in [-0.39, 0.29) is 0 Å². The van der Waals surface area contributed by atoms with Gasteiger partial charge in [0.15, 0.2) is 0 Å². The lowest BCUT2D eigenvalue weighted by Gasteiger charge is -2.29. The van der Waals surface area contributed by atoms with Gasteiger partial charge in [-0.3, -0.25) is 4.99 Å². The van der Waals surface area contributed by atoms with Crippen molar-refractivity contribution < 1.29 is 0 Å². The van der Waals surface area contributed by atoms with E-state index in [4.69, 9.17) is 0 Å². The monoisotopic (exact) mass is 230 g/mol. The maximum absolute atomic E-state index is 4.55. The van der Waals surface area contributed by atoms with Crippen molar-refractivity contribution in [2.75, 3.05) is 31.1 Å². The van der Waals surface area contributed by atoms with Crippen molar-refractivity contribution in [3.05, 3.63) is 23.9 Å². The normalized spacial score (nSPS) is 20.0. The lowest BCUT2D eigenvalue weighted by molar-refractivity contribution is 0.573. The first-order valence-corrected chi connectivity index (χ1v) is 6.44. The van der Waals surface area contributed by atoms with Gasteiger partial charge in [-0.25, -0.2) is 4.98 Å². The number of hydrogen-bond donors (Lipinski definition) is 1. The first kappa shape index (κ1) is 10.6. The SMILES string of the molecule is c1cnc(N2CCCCC2)c(C2=NCCN2)c1. The van der Waals surface area contributed by atoms with Crippen LogP contribution in [0.3, 0.4) is 0 Å². The minimum atomic E-state index is 0.879. The highest BCUT2D eigenvalue weighted by atomic mass is 15.2. The Morgan fingerprint density at radius 3 is 2.82 bits per heavy atom. The van der Waals surface area contributed by atoms with E-state index >= 15 is 0 Å². The van der Waals surface area contributed by atoms with Gasteiger partial charge in [-0.1, -0.05) is 0 Å². The zero-order valence-electron chi connectivity index (χ0n) is 10.0. The fourth-order valence-electron chi connectivity index (χ4n) is 2.52. The summed E-state index contributed by atoms with van der Waals surface area (Å²) in [7, 11) is 0. The van der Waals surface area contributed by atoms with Crippen LogP contribution in [-0.2, 0) is 0 Å². The molecule has 1 aromatic rings. The first-order valence-electron chi connectivity index (χ1n) is 6.44. The number of nitrogens with zero attached hydrogens (tertiary/aromatic N) is 3. The maximum atomic E-state index is 4.55. The molecular weight excluding hydrogens is 212 g/mol. The molecule has 0 atom stereocenters. The smallest absolute Gasteiger partial charge is 0.139 e. The van der Waals surface area contributed by atoms with Crippen molar-refractivity contribution in [2.24, 2.45) is 4.99 Å². The topological polar surface area (TPSA) is 40.5 Å². The van der Waals surface area contributed by atoms with Crippen molar-refractivity contribution in [3.8, 4) is 0 Å². The van der Waals surface area contributed by atoms with Crippen molar-refractivity contribution in [2.45, 2.75) is 19.3 Å². The number of rotatable bonds is 2. The van der Waals surface area contributed by atoms with Gasteiger partial charge in [0.05, 0.1) is 12.1 Å². The molecule has 17 heavy (non-hydrogen) atoms. The summed E-state index contributed by atoms with van der Waals surface area (Å²) in [5.74, 6) is 2.11. The van der Waals surface area contributed by atoms with Gasteiger partial charge in [0.1, 0.15) is 11.7 Å². The number of piperidine rings is 1. The molecule has 3 heterocycles. The molecule has 3 rings (SSSR count). The van der Waals surface area contributed by atoms with Crippen LogP contribution in [0.1, 0.15) is 24.8 Å². The number of anilines is 1. The van der Waals surface area contributed by atoms with E-state index in [1.807, 2.05) is 12.3 Å². The van der Waals surface area contributed by atoms with Gasteiger partial charge in [-0.15, -0.1) is 0 Å². The molecule has 1 fully saturated rings. The van der Waals surface area contributed by atoms with Crippen molar-refractivity contribution in [1.82, 2.24) is 10.3 Å². The Hall–Kier alpha value is -1.58. The van der Waals surface area contributed by atoms with Crippen LogP contribution in [0.4, 0.5) is 5.82 Å². The van der Waals surface area contributed by atoms with Crippen molar-refractivity contribution >= 4 is 11.7 Å². The van der Waals surface area contributed by atoms with Crippen LogP contribution in [0, 0.1) is 0 Å². The van der Waals surface area contributed by atoms with E-state index in [0.29, 0.717) is 0 Å². The minimum Gasteiger partial charge on any atom is -0.368 e. The quantitative estimate of drug-likeness (QED) is 0.835. The molecule has 0 aliphatic carbocycles. The summed E-state index contributed by atoms with van der Waals surface area (Å²) < 4.78 is 0. The largest absolute Gasteiger partial charge is 0.368 e. The highest BCUT2D eigenvalue weighted by molar-refractivity contribution is 6.03. The summed E-state index contributed by atoms with van der Waals surface area (Å²) >= 11 is 0. The summed E-state index contributed by atoms with van der Waals surface area (Å²) in [5, 5.41) is 3.34. The second-order valence-electron chi connectivity index (χ2n) is 4.58. The van der Waals surface area contributed by atoms with Crippen LogP contribution < -0.4 is 10.2 Å². The predicted molar refractivity (Wildman–Crippen MR) is 69.7 cm³/mol. The number of pyridine rings is 1. The fourth-order valence-corrected chi connectivity index (χ4v) is 2.52. The molecule has 4 heteroatoms. The second-order valence-corrected chi connectivity index (χ2v) is 4.58. The predicted octanol–water partition coefficient (Wildman–Crippen LogP) is 1.42.